The summed E-state index contributed by atoms with van der Waals surface area (Å²) in [7, 11) is 4.63. The van der Waals surface area contributed by atoms with Gasteiger partial charge >= 0.3 is 5.97 Å². The number of methoxy groups -OCH3 is 3. The van der Waals surface area contributed by atoms with Gasteiger partial charge in [-0.25, -0.2) is 9.97 Å². The zero-order valence-corrected chi connectivity index (χ0v) is 17.8. The van der Waals surface area contributed by atoms with Crippen molar-refractivity contribution in [3.05, 3.63) is 47.8 Å². The van der Waals surface area contributed by atoms with E-state index in [1.54, 1.807) is 26.5 Å². The number of anilines is 1. The summed E-state index contributed by atoms with van der Waals surface area (Å²) in [6.45, 7) is 2.85. The van der Waals surface area contributed by atoms with Crippen LogP contribution in [0.5, 0.6) is 5.75 Å². The summed E-state index contributed by atoms with van der Waals surface area (Å²) in [6, 6.07) is 9.60. The summed E-state index contributed by atoms with van der Waals surface area (Å²) in [5, 5.41) is 0. The first-order chi connectivity index (χ1) is 13.5. The number of benzene rings is 1. The van der Waals surface area contributed by atoms with Crippen LogP contribution in [0.25, 0.3) is 0 Å². The minimum atomic E-state index is -0.910. The van der Waals surface area contributed by atoms with E-state index in [9.17, 15) is 4.79 Å². The molecule has 0 N–H and O–H groups in total. The summed E-state index contributed by atoms with van der Waals surface area (Å²) >= 11 is 1.52. The van der Waals surface area contributed by atoms with Crippen LogP contribution in [0.1, 0.15) is 24.6 Å². The largest absolute Gasteiger partial charge is 0.497 e. The molecular weight excluding hydrogens is 378 g/mol. The summed E-state index contributed by atoms with van der Waals surface area (Å²) in [4.78, 5) is 21.6. The Kier molecular flexibility index (Phi) is 8.07. The van der Waals surface area contributed by atoms with Gasteiger partial charge in [0.05, 0.1) is 26.5 Å². The first kappa shape index (κ1) is 22.0. The van der Waals surface area contributed by atoms with Gasteiger partial charge in [-0.3, -0.25) is 9.10 Å². The standard InChI is InChI=1S/C20H27N3O4S/c1-20(11-13-25-2,18(24)27-4)17-10-12-21-19(22-17)23(28-5)14-15-6-8-16(26-3)9-7-15/h6-10,12H,11,13-14H2,1-5H3. The van der Waals surface area contributed by atoms with E-state index in [0.717, 1.165) is 11.3 Å². The molecule has 8 heteroatoms. The van der Waals surface area contributed by atoms with Crippen molar-refractivity contribution in [2.24, 2.45) is 0 Å². The third-order valence-electron chi connectivity index (χ3n) is 4.58. The van der Waals surface area contributed by atoms with E-state index in [4.69, 9.17) is 14.2 Å². The molecule has 0 fully saturated rings. The SMILES string of the molecule is COCCC(C)(C(=O)OC)c1ccnc(N(Cc2ccc(OC)cc2)SC)n1. The minimum Gasteiger partial charge on any atom is -0.497 e. The van der Waals surface area contributed by atoms with E-state index in [2.05, 4.69) is 9.97 Å². The molecule has 0 spiro atoms. The fourth-order valence-corrected chi connectivity index (χ4v) is 3.29. The maximum absolute atomic E-state index is 12.5. The molecule has 0 aliphatic carbocycles. The Morgan fingerprint density at radius 1 is 1.18 bits per heavy atom. The van der Waals surface area contributed by atoms with E-state index in [0.29, 0.717) is 31.2 Å². The first-order valence-electron chi connectivity index (χ1n) is 8.84. The number of esters is 1. The lowest BCUT2D eigenvalue weighted by Gasteiger charge is -2.27. The first-order valence-corrected chi connectivity index (χ1v) is 10.0. The van der Waals surface area contributed by atoms with Gasteiger partial charge in [0, 0.05) is 26.2 Å². The second kappa shape index (κ2) is 10.3. The summed E-state index contributed by atoms with van der Waals surface area (Å²) in [6.07, 6.45) is 4.09. The predicted octanol–water partition coefficient (Wildman–Crippen LogP) is 3.24. The number of hydrogen-bond acceptors (Lipinski definition) is 8. The Labute approximate surface area is 170 Å². The van der Waals surface area contributed by atoms with Crippen LogP contribution in [0, 0.1) is 0 Å². The van der Waals surface area contributed by atoms with Gasteiger partial charge in [-0.1, -0.05) is 24.1 Å². The van der Waals surface area contributed by atoms with Crippen LogP contribution in [-0.2, 0) is 26.2 Å². The fourth-order valence-electron chi connectivity index (χ4n) is 2.76. The molecule has 1 unspecified atom stereocenters. The number of carbonyl (C=O) groups excluding carboxylic acids is 1. The lowest BCUT2D eigenvalue weighted by molar-refractivity contribution is -0.147. The molecule has 0 amide bonds. The summed E-state index contributed by atoms with van der Waals surface area (Å²) < 4.78 is 17.4. The van der Waals surface area contributed by atoms with Crippen LogP contribution in [-0.4, -0.2) is 50.1 Å². The van der Waals surface area contributed by atoms with Gasteiger partial charge in [-0.15, -0.1) is 0 Å². The molecule has 0 bridgehead atoms. The molecule has 7 nitrogen and oxygen atoms in total. The number of nitrogens with zero attached hydrogens (tertiary/aromatic N) is 3. The van der Waals surface area contributed by atoms with Gasteiger partial charge in [0.25, 0.3) is 0 Å². The molecule has 1 aromatic heterocycles. The smallest absolute Gasteiger partial charge is 0.317 e. The Bertz CT molecular complexity index is 772. The van der Waals surface area contributed by atoms with Crippen LogP contribution in [0.3, 0.4) is 0 Å². The average Bonchev–Trinajstić information content (AvgIpc) is 2.75. The van der Waals surface area contributed by atoms with E-state index in [1.165, 1.54) is 19.1 Å². The molecule has 0 aliphatic heterocycles. The number of aromatic nitrogens is 2. The zero-order chi connectivity index (χ0) is 20.6. The van der Waals surface area contributed by atoms with E-state index < -0.39 is 5.41 Å². The number of hydrogen-bond donors (Lipinski definition) is 0. The van der Waals surface area contributed by atoms with Crippen molar-refractivity contribution in [1.82, 2.24) is 9.97 Å². The molecule has 152 valence electrons. The lowest BCUT2D eigenvalue weighted by atomic mass is 9.83. The highest BCUT2D eigenvalue weighted by Crippen LogP contribution is 2.30. The second-order valence-corrected chi connectivity index (χ2v) is 7.18. The molecule has 1 heterocycles. The van der Waals surface area contributed by atoms with Crippen molar-refractivity contribution in [1.29, 1.82) is 0 Å². The van der Waals surface area contributed by atoms with Gasteiger partial charge in [0.15, 0.2) is 0 Å². The van der Waals surface area contributed by atoms with Crippen LogP contribution in [0.2, 0.25) is 0 Å². The number of ether oxygens (including phenoxy) is 3. The van der Waals surface area contributed by atoms with Crippen molar-refractivity contribution >= 4 is 23.9 Å². The Hall–Kier alpha value is -2.32. The Morgan fingerprint density at radius 2 is 1.89 bits per heavy atom. The quantitative estimate of drug-likeness (QED) is 0.441. The van der Waals surface area contributed by atoms with E-state index >= 15 is 0 Å². The van der Waals surface area contributed by atoms with Gasteiger partial charge in [-0.05, 0) is 37.1 Å². The molecule has 1 atom stereocenters. The highest BCUT2D eigenvalue weighted by atomic mass is 32.2. The molecular formula is C20H27N3O4S. The highest BCUT2D eigenvalue weighted by molar-refractivity contribution is 7.99. The van der Waals surface area contributed by atoms with Crippen LogP contribution < -0.4 is 9.04 Å². The van der Waals surface area contributed by atoms with E-state index in [1.807, 2.05) is 41.8 Å². The molecule has 0 radical (unpaired) electrons. The molecule has 0 aliphatic rings. The van der Waals surface area contributed by atoms with Crippen molar-refractivity contribution in [2.45, 2.75) is 25.3 Å². The topological polar surface area (TPSA) is 73.8 Å². The third-order valence-corrected chi connectivity index (χ3v) is 5.31. The molecule has 2 rings (SSSR count). The van der Waals surface area contributed by atoms with Crippen LogP contribution in [0.4, 0.5) is 5.95 Å². The molecule has 0 saturated carbocycles. The number of rotatable bonds is 10. The Balaban J connectivity index is 2.30. The normalized spacial score (nSPS) is 12.9. The summed E-state index contributed by atoms with van der Waals surface area (Å²) in [5.41, 5.74) is 0.793. The van der Waals surface area contributed by atoms with Gasteiger partial charge < -0.3 is 14.2 Å². The maximum atomic E-state index is 12.5. The van der Waals surface area contributed by atoms with Crippen molar-refractivity contribution in [3.63, 3.8) is 0 Å². The maximum Gasteiger partial charge on any atom is 0.317 e. The summed E-state index contributed by atoms with van der Waals surface area (Å²) in [5.74, 6) is 0.998. The second-order valence-electron chi connectivity index (χ2n) is 6.38. The predicted molar refractivity (Wildman–Crippen MR) is 111 cm³/mol. The number of carbonyl (C=O) groups is 1. The Morgan fingerprint density at radius 3 is 2.46 bits per heavy atom. The lowest BCUT2D eigenvalue weighted by Crippen LogP contribution is -2.36. The molecule has 0 saturated heterocycles. The van der Waals surface area contributed by atoms with Gasteiger partial charge in [0.2, 0.25) is 5.95 Å². The monoisotopic (exact) mass is 405 g/mol. The van der Waals surface area contributed by atoms with Gasteiger partial charge in [-0.2, -0.15) is 0 Å². The molecule has 2 aromatic rings. The van der Waals surface area contributed by atoms with Crippen molar-refractivity contribution in [2.75, 3.05) is 38.5 Å². The zero-order valence-electron chi connectivity index (χ0n) is 17.0. The fraction of sp³-hybridized carbons (Fsp3) is 0.450. The van der Waals surface area contributed by atoms with Crippen LogP contribution >= 0.6 is 11.9 Å². The van der Waals surface area contributed by atoms with Crippen LogP contribution in [0.15, 0.2) is 36.5 Å². The van der Waals surface area contributed by atoms with Gasteiger partial charge in [0.1, 0.15) is 11.2 Å². The van der Waals surface area contributed by atoms with E-state index in [-0.39, 0.29) is 5.97 Å². The molecule has 1 aromatic carbocycles. The van der Waals surface area contributed by atoms with Crippen molar-refractivity contribution < 1.29 is 19.0 Å². The third kappa shape index (κ3) is 5.14. The average molecular weight is 406 g/mol. The highest BCUT2D eigenvalue weighted by Gasteiger charge is 2.38. The van der Waals surface area contributed by atoms with Crippen molar-refractivity contribution in [3.8, 4) is 5.75 Å². The molecule has 28 heavy (non-hydrogen) atoms. The minimum absolute atomic E-state index is 0.347.